The molecule has 14 heavy (non-hydrogen) atoms. The topological polar surface area (TPSA) is 76.9 Å². The molecule has 1 aromatic heterocycles. The Morgan fingerprint density at radius 2 is 2.29 bits per heavy atom. The summed E-state index contributed by atoms with van der Waals surface area (Å²) in [6.07, 6.45) is 2.64. The first-order valence-corrected chi connectivity index (χ1v) is 6.28. The van der Waals surface area contributed by atoms with Gasteiger partial charge in [0.2, 0.25) is 0 Å². The standard InChI is InChI=1S/C7H14N4O2S/c1-8-5-7-9-6-10-11(7)3-4-14(2,12)13/h6,8H,3-5H2,1-2H3. The van der Waals surface area contributed by atoms with E-state index in [-0.39, 0.29) is 5.75 Å². The van der Waals surface area contributed by atoms with Crippen LogP contribution in [0.5, 0.6) is 0 Å². The van der Waals surface area contributed by atoms with Crippen LogP contribution < -0.4 is 5.32 Å². The van der Waals surface area contributed by atoms with Gasteiger partial charge in [-0.3, -0.25) is 0 Å². The van der Waals surface area contributed by atoms with Gasteiger partial charge in [0, 0.05) is 6.26 Å². The van der Waals surface area contributed by atoms with Crippen molar-refractivity contribution in [2.45, 2.75) is 13.1 Å². The molecule has 0 aliphatic carbocycles. The second-order valence-electron chi connectivity index (χ2n) is 3.06. The normalized spacial score (nSPS) is 11.9. The lowest BCUT2D eigenvalue weighted by molar-refractivity contribution is 0.569. The maximum Gasteiger partial charge on any atom is 0.149 e. The van der Waals surface area contributed by atoms with Crippen molar-refractivity contribution in [2.24, 2.45) is 0 Å². The summed E-state index contributed by atoms with van der Waals surface area (Å²) in [5.41, 5.74) is 0. The fourth-order valence-electron chi connectivity index (χ4n) is 1.02. The highest BCUT2D eigenvalue weighted by atomic mass is 32.2. The number of sulfone groups is 1. The smallest absolute Gasteiger partial charge is 0.149 e. The summed E-state index contributed by atoms with van der Waals surface area (Å²) in [5.74, 6) is 0.837. The maximum absolute atomic E-state index is 10.9. The summed E-state index contributed by atoms with van der Waals surface area (Å²) in [6.45, 7) is 0.944. The van der Waals surface area contributed by atoms with Crippen LogP contribution in [0.25, 0.3) is 0 Å². The summed E-state index contributed by atoms with van der Waals surface area (Å²) in [4.78, 5) is 4.00. The molecule has 0 aliphatic heterocycles. The van der Waals surface area contributed by atoms with Crippen LogP contribution in [0.15, 0.2) is 6.33 Å². The number of aromatic nitrogens is 3. The van der Waals surface area contributed by atoms with Crippen molar-refractivity contribution in [3.8, 4) is 0 Å². The second kappa shape index (κ2) is 4.52. The second-order valence-corrected chi connectivity index (χ2v) is 5.32. The van der Waals surface area contributed by atoms with Crippen LogP contribution in [-0.2, 0) is 22.9 Å². The third-order valence-electron chi connectivity index (χ3n) is 1.70. The van der Waals surface area contributed by atoms with E-state index in [9.17, 15) is 8.42 Å². The highest BCUT2D eigenvalue weighted by Crippen LogP contribution is 1.95. The molecular formula is C7H14N4O2S. The lowest BCUT2D eigenvalue weighted by Gasteiger charge is -2.03. The van der Waals surface area contributed by atoms with Gasteiger partial charge in [-0.15, -0.1) is 0 Å². The van der Waals surface area contributed by atoms with Crippen LogP contribution in [0.2, 0.25) is 0 Å². The number of hydrogen-bond donors (Lipinski definition) is 1. The van der Waals surface area contributed by atoms with Crippen LogP contribution in [-0.4, -0.2) is 42.2 Å². The summed E-state index contributed by atoms with van der Waals surface area (Å²) in [5, 5.41) is 6.87. The minimum absolute atomic E-state index is 0.0904. The third kappa shape index (κ3) is 3.43. The lowest BCUT2D eigenvalue weighted by atomic mass is 10.6. The van der Waals surface area contributed by atoms with Crippen molar-refractivity contribution < 1.29 is 8.42 Å². The van der Waals surface area contributed by atoms with E-state index in [2.05, 4.69) is 15.4 Å². The van der Waals surface area contributed by atoms with Gasteiger partial charge in [-0.05, 0) is 7.05 Å². The zero-order valence-electron chi connectivity index (χ0n) is 8.27. The van der Waals surface area contributed by atoms with Crippen molar-refractivity contribution >= 4 is 9.84 Å². The van der Waals surface area contributed by atoms with Crippen LogP contribution in [0.3, 0.4) is 0 Å². The summed E-state index contributed by atoms with van der Waals surface area (Å²) < 4.78 is 23.4. The fraction of sp³-hybridized carbons (Fsp3) is 0.714. The first-order chi connectivity index (χ1) is 6.53. The van der Waals surface area contributed by atoms with Gasteiger partial charge in [0.25, 0.3) is 0 Å². The zero-order valence-corrected chi connectivity index (χ0v) is 9.08. The van der Waals surface area contributed by atoms with E-state index in [0.717, 1.165) is 5.82 Å². The molecule has 0 saturated carbocycles. The highest BCUT2D eigenvalue weighted by molar-refractivity contribution is 7.90. The van der Waals surface area contributed by atoms with Crippen LogP contribution >= 0.6 is 0 Å². The molecular weight excluding hydrogens is 204 g/mol. The monoisotopic (exact) mass is 218 g/mol. The van der Waals surface area contributed by atoms with Gasteiger partial charge in [0.05, 0.1) is 18.8 Å². The predicted molar refractivity (Wildman–Crippen MR) is 52.5 cm³/mol. The molecule has 0 unspecified atom stereocenters. The SMILES string of the molecule is CNCc1ncnn1CCS(C)(=O)=O. The van der Waals surface area contributed by atoms with Crippen molar-refractivity contribution in [1.29, 1.82) is 0 Å². The molecule has 0 fully saturated rings. The Balaban J connectivity index is 2.62. The number of nitrogens with zero attached hydrogens (tertiary/aromatic N) is 3. The molecule has 0 spiro atoms. The quantitative estimate of drug-likeness (QED) is 0.689. The highest BCUT2D eigenvalue weighted by Gasteiger charge is 2.06. The average Bonchev–Trinajstić information content (AvgIpc) is 2.48. The Labute approximate surface area is 83.3 Å². The number of nitrogens with one attached hydrogen (secondary N) is 1. The molecule has 0 atom stereocenters. The minimum Gasteiger partial charge on any atom is -0.313 e. The molecule has 0 amide bonds. The van der Waals surface area contributed by atoms with E-state index in [0.29, 0.717) is 13.1 Å². The predicted octanol–water partition coefficient (Wildman–Crippen LogP) is -0.958. The largest absolute Gasteiger partial charge is 0.313 e. The van der Waals surface area contributed by atoms with E-state index >= 15 is 0 Å². The van der Waals surface area contributed by atoms with E-state index in [1.165, 1.54) is 12.6 Å². The van der Waals surface area contributed by atoms with Gasteiger partial charge >= 0.3 is 0 Å². The van der Waals surface area contributed by atoms with Gasteiger partial charge in [-0.2, -0.15) is 5.10 Å². The van der Waals surface area contributed by atoms with Crippen molar-refractivity contribution in [1.82, 2.24) is 20.1 Å². The summed E-state index contributed by atoms with van der Waals surface area (Å²) >= 11 is 0. The molecule has 0 saturated heterocycles. The molecule has 7 heteroatoms. The number of rotatable bonds is 5. The van der Waals surface area contributed by atoms with Gasteiger partial charge in [0.15, 0.2) is 0 Å². The van der Waals surface area contributed by atoms with Gasteiger partial charge in [0.1, 0.15) is 22.0 Å². The zero-order chi connectivity index (χ0) is 10.6. The first-order valence-electron chi connectivity index (χ1n) is 4.22. The molecule has 1 rings (SSSR count). The van der Waals surface area contributed by atoms with Gasteiger partial charge in [-0.25, -0.2) is 18.1 Å². The van der Waals surface area contributed by atoms with Crippen LogP contribution in [0.1, 0.15) is 5.82 Å². The van der Waals surface area contributed by atoms with Crippen molar-refractivity contribution in [2.75, 3.05) is 19.1 Å². The Hall–Kier alpha value is -0.950. The van der Waals surface area contributed by atoms with Crippen molar-refractivity contribution in [3.05, 3.63) is 12.2 Å². The third-order valence-corrected chi connectivity index (χ3v) is 2.63. The molecule has 80 valence electrons. The van der Waals surface area contributed by atoms with E-state index in [1.807, 2.05) is 0 Å². The van der Waals surface area contributed by atoms with Crippen LogP contribution in [0, 0.1) is 0 Å². The first kappa shape index (κ1) is 11.1. The Morgan fingerprint density at radius 3 is 2.86 bits per heavy atom. The molecule has 1 heterocycles. The minimum atomic E-state index is -2.94. The lowest BCUT2D eigenvalue weighted by Crippen LogP contribution is -2.17. The van der Waals surface area contributed by atoms with E-state index < -0.39 is 9.84 Å². The van der Waals surface area contributed by atoms with E-state index in [1.54, 1.807) is 11.7 Å². The average molecular weight is 218 g/mol. The number of aryl methyl sites for hydroxylation is 1. The summed E-state index contributed by atoms with van der Waals surface area (Å²) in [7, 11) is -1.14. The molecule has 0 bridgehead atoms. The molecule has 0 radical (unpaired) electrons. The Morgan fingerprint density at radius 1 is 1.57 bits per heavy atom. The van der Waals surface area contributed by atoms with Gasteiger partial charge < -0.3 is 5.32 Å². The molecule has 0 aromatic carbocycles. The van der Waals surface area contributed by atoms with Gasteiger partial charge in [-0.1, -0.05) is 0 Å². The number of hydrogen-bond acceptors (Lipinski definition) is 5. The maximum atomic E-state index is 10.9. The Kier molecular flexibility index (Phi) is 3.59. The Bertz CT molecular complexity index is 384. The summed E-state index contributed by atoms with van der Waals surface area (Å²) in [6, 6.07) is 0. The molecule has 0 aliphatic rings. The molecule has 1 aromatic rings. The fourth-order valence-corrected chi connectivity index (χ4v) is 1.53. The molecule has 1 N–H and O–H groups in total. The van der Waals surface area contributed by atoms with E-state index in [4.69, 9.17) is 0 Å². The van der Waals surface area contributed by atoms with Crippen LogP contribution in [0.4, 0.5) is 0 Å². The van der Waals surface area contributed by atoms with Crippen molar-refractivity contribution in [3.63, 3.8) is 0 Å². The molecule has 6 nitrogen and oxygen atoms in total.